The Morgan fingerprint density at radius 3 is 2.59 bits per heavy atom. The van der Waals surface area contributed by atoms with Crippen molar-refractivity contribution < 1.29 is 32.9 Å². The SMILES string of the molecule is O=C(O)C(O)Cc1cccc(OC(F)(F)F)c1. The van der Waals surface area contributed by atoms with Gasteiger partial charge in [-0.1, -0.05) is 12.1 Å². The average Bonchev–Trinajstić information content (AvgIpc) is 2.15. The first-order chi connectivity index (χ1) is 7.78. The zero-order valence-corrected chi connectivity index (χ0v) is 8.44. The summed E-state index contributed by atoms with van der Waals surface area (Å²) >= 11 is 0. The molecule has 0 saturated carbocycles. The maximum Gasteiger partial charge on any atom is 0.573 e. The molecular formula is C10H9F3O4. The minimum atomic E-state index is -4.80. The van der Waals surface area contributed by atoms with Gasteiger partial charge in [0.15, 0.2) is 6.10 Å². The first kappa shape index (κ1) is 13.3. The Morgan fingerprint density at radius 1 is 1.41 bits per heavy atom. The molecule has 0 aliphatic heterocycles. The minimum absolute atomic E-state index is 0.238. The lowest BCUT2D eigenvalue weighted by atomic mass is 10.1. The second-order valence-corrected chi connectivity index (χ2v) is 3.25. The van der Waals surface area contributed by atoms with E-state index >= 15 is 0 Å². The van der Waals surface area contributed by atoms with Gasteiger partial charge in [-0.2, -0.15) is 0 Å². The molecule has 0 bridgehead atoms. The van der Waals surface area contributed by atoms with E-state index in [1.165, 1.54) is 12.1 Å². The van der Waals surface area contributed by atoms with Crippen LogP contribution in [0.4, 0.5) is 13.2 Å². The van der Waals surface area contributed by atoms with Crippen LogP contribution in [0.1, 0.15) is 5.56 Å². The summed E-state index contributed by atoms with van der Waals surface area (Å²) in [4.78, 5) is 10.4. The normalized spacial score (nSPS) is 13.2. The lowest BCUT2D eigenvalue weighted by Crippen LogP contribution is -2.22. The molecule has 0 fully saturated rings. The quantitative estimate of drug-likeness (QED) is 0.851. The number of rotatable bonds is 4. The van der Waals surface area contributed by atoms with Gasteiger partial charge in [0.05, 0.1) is 0 Å². The van der Waals surface area contributed by atoms with Crippen molar-refractivity contribution in [2.24, 2.45) is 0 Å². The summed E-state index contributed by atoms with van der Waals surface area (Å²) in [5, 5.41) is 17.5. The van der Waals surface area contributed by atoms with Crippen LogP contribution in [0.15, 0.2) is 24.3 Å². The third kappa shape index (κ3) is 4.73. The highest BCUT2D eigenvalue weighted by Crippen LogP contribution is 2.23. The Bertz CT molecular complexity index is 403. The molecule has 0 spiro atoms. The van der Waals surface area contributed by atoms with E-state index in [2.05, 4.69) is 4.74 Å². The summed E-state index contributed by atoms with van der Waals surface area (Å²) in [5.41, 5.74) is 0.238. The number of halogens is 3. The Kier molecular flexibility index (Phi) is 3.95. The lowest BCUT2D eigenvalue weighted by molar-refractivity contribution is -0.274. The van der Waals surface area contributed by atoms with Gasteiger partial charge in [-0.05, 0) is 17.7 Å². The van der Waals surface area contributed by atoms with Gasteiger partial charge in [-0.15, -0.1) is 13.2 Å². The smallest absolute Gasteiger partial charge is 0.479 e. The van der Waals surface area contributed by atoms with Crippen LogP contribution in [0.5, 0.6) is 5.75 Å². The van der Waals surface area contributed by atoms with Crippen LogP contribution in [-0.2, 0) is 11.2 Å². The van der Waals surface area contributed by atoms with Crippen LogP contribution < -0.4 is 4.74 Å². The molecule has 0 saturated heterocycles. The fourth-order valence-electron chi connectivity index (χ4n) is 1.18. The fourth-order valence-corrected chi connectivity index (χ4v) is 1.18. The largest absolute Gasteiger partial charge is 0.573 e. The standard InChI is InChI=1S/C10H9F3O4/c11-10(12,13)17-7-3-1-2-6(4-7)5-8(14)9(15)16/h1-4,8,14H,5H2,(H,15,16). The van der Waals surface area contributed by atoms with Crippen molar-refractivity contribution in [3.8, 4) is 5.75 Å². The van der Waals surface area contributed by atoms with Gasteiger partial charge in [-0.25, -0.2) is 4.79 Å². The molecule has 1 atom stereocenters. The van der Waals surface area contributed by atoms with E-state index < -0.39 is 24.2 Å². The number of carbonyl (C=O) groups is 1. The number of carboxylic acid groups (broad SMARTS) is 1. The van der Waals surface area contributed by atoms with E-state index in [4.69, 9.17) is 10.2 Å². The van der Waals surface area contributed by atoms with Crippen molar-refractivity contribution in [3.05, 3.63) is 29.8 Å². The van der Waals surface area contributed by atoms with Gasteiger partial charge >= 0.3 is 12.3 Å². The number of aliphatic carboxylic acids is 1. The van der Waals surface area contributed by atoms with Crippen molar-refractivity contribution >= 4 is 5.97 Å². The monoisotopic (exact) mass is 250 g/mol. The number of ether oxygens (including phenoxy) is 1. The number of hydrogen-bond donors (Lipinski definition) is 2. The van der Waals surface area contributed by atoms with Gasteiger partial charge in [-0.3, -0.25) is 0 Å². The molecule has 94 valence electrons. The number of hydrogen-bond acceptors (Lipinski definition) is 3. The molecule has 0 heterocycles. The van der Waals surface area contributed by atoms with Crippen LogP contribution >= 0.6 is 0 Å². The predicted octanol–water partition coefficient (Wildman–Crippen LogP) is 1.57. The highest BCUT2D eigenvalue weighted by molar-refractivity contribution is 5.72. The Morgan fingerprint density at radius 2 is 2.06 bits per heavy atom. The summed E-state index contributed by atoms with van der Waals surface area (Å²) in [5.74, 6) is -1.89. The molecular weight excluding hydrogens is 241 g/mol. The van der Waals surface area contributed by atoms with Crippen LogP contribution in [0.25, 0.3) is 0 Å². The molecule has 0 aliphatic carbocycles. The van der Waals surface area contributed by atoms with Crippen molar-refractivity contribution in [2.45, 2.75) is 18.9 Å². The lowest BCUT2D eigenvalue weighted by Gasteiger charge is -2.10. The molecule has 1 unspecified atom stereocenters. The van der Waals surface area contributed by atoms with Crippen molar-refractivity contribution in [3.63, 3.8) is 0 Å². The summed E-state index contributed by atoms with van der Waals surface area (Å²) in [6.07, 6.45) is -6.75. The number of alkyl halides is 3. The Labute approximate surface area is 94.3 Å². The number of aliphatic hydroxyl groups excluding tert-OH is 1. The molecule has 0 aromatic heterocycles. The average molecular weight is 250 g/mol. The predicted molar refractivity (Wildman–Crippen MR) is 50.5 cm³/mol. The zero-order valence-electron chi connectivity index (χ0n) is 8.44. The highest BCUT2D eigenvalue weighted by atomic mass is 19.4. The highest BCUT2D eigenvalue weighted by Gasteiger charge is 2.31. The van der Waals surface area contributed by atoms with E-state index in [0.29, 0.717) is 0 Å². The summed E-state index contributed by atoms with van der Waals surface area (Å²) in [6.45, 7) is 0. The number of benzene rings is 1. The zero-order chi connectivity index (χ0) is 13.1. The maximum atomic E-state index is 11.9. The third-order valence-corrected chi connectivity index (χ3v) is 1.85. The maximum absolute atomic E-state index is 11.9. The van der Waals surface area contributed by atoms with E-state index in [1.54, 1.807) is 0 Å². The van der Waals surface area contributed by atoms with Crippen LogP contribution in [0, 0.1) is 0 Å². The second kappa shape index (κ2) is 5.05. The fraction of sp³-hybridized carbons (Fsp3) is 0.300. The van der Waals surface area contributed by atoms with E-state index in [-0.39, 0.29) is 12.0 Å². The molecule has 0 aliphatic rings. The Balaban J connectivity index is 2.76. The molecule has 0 amide bonds. The van der Waals surface area contributed by atoms with E-state index in [1.807, 2.05) is 0 Å². The van der Waals surface area contributed by atoms with Crippen LogP contribution in [-0.4, -0.2) is 28.6 Å². The number of aliphatic hydroxyl groups is 1. The molecule has 1 aromatic rings. The third-order valence-electron chi connectivity index (χ3n) is 1.85. The van der Waals surface area contributed by atoms with Crippen LogP contribution in [0.3, 0.4) is 0 Å². The summed E-state index contributed by atoms with van der Waals surface area (Å²) in [6, 6.07) is 4.80. The van der Waals surface area contributed by atoms with Gasteiger partial charge in [0, 0.05) is 6.42 Å². The molecule has 4 nitrogen and oxygen atoms in total. The molecule has 1 rings (SSSR count). The summed E-state index contributed by atoms with van der Waals surface area (Å²) < 4.78 is 39.3. The van der Waals surface area contributed by atoms with Crippen LogP contribution in [0.2, 0.25) is 0 Å². The van der Waals surface area contributed by atoms with Gasteiger partial charge in [0.25, 0.3) is 0 Å². The number of carboxylic acids is 1. The van der Waals surface area contributed by atoms with Gasteiger partial charge < -0.3 is 14.9 Å². The van der Waals surface area contributed by atoms with Crippen molar-refractivity contribution in [1.29, 1.82) is 0 Å². The second-order valence-electron chi connectivity index (χ2n) is 3.25. The molecule has 2 N–H and O–H groups in total. The summed E-state index contributed by atoms with van der Waals surface area (Å²) in [7, 11) is 0. The molecule has 7 heteroatoms. The van der Waals surface area contributed by atoms with Gasteiger partial charge in [0.1, 0.15) is 5.75 Å². The Hall–Kier alpha value is -1.76. The molecule has 0 radical (unpaired) electrons. The molecule has 17 heavy (non-hydrogen) atoms. The topological polar surface area (TPSA) is 66.8 Å². The van der Waals surface area contributed by atoms with Crippen molar-refractivity contribution in [1.82, 2.24) is 0 Å². The minimum Gasteiger partial charge on any atom is -0.479 e. The first-order valence-electron chi connectivity index (χ1n) is 4.53. The van der Waals surface area contributed by atoms with Crippen molar-refractivity contribution in [2.75, 3.05) is 0 Å². The first-order valence-corrected chi connectivity index (χ1v) is 4.53. The van der Waals surface area contributed by atoms with E-state index in [9.17, 15) is 18.0 Å². The van der Waals surface area contributed by atoms with E-state index in [0.717, 1.165) is 12.1 Å². The molecule has 1 aromatic carbocycles. The van der Waals surface area contributed by atoms with Gasteiger partial charge in [0.2, 0.25) is 0 Å².